The number of rotatable bonds is 1. The van der Waals surface area contributed by atoms with Gasteiger partial charge in [-0.05, 0) is 19.3 Å². The Balaban J connectivity index is 3.01. The average Bonchev–Trinajstić information content (AvgIpc) is 2.03. The second-order valence-corrected chi connectivity index (χ2v) is 3.10. The van der Waals surface area contributed by atoms with Gasteiger partial charge >= 0.3 is 12.1 Å². The van der Waals surface area contributed by atoms with Crippen LogP contribution in [0.5, 0.6) is 0 Å². The summed E-state index contributed by atoms with van der Waals surface area (Å²) < 4.78 is 37.3. The lowest BCUT2D eigenvalue weighted by Crippen LogP contribution is -2.45. The van der Waals surface area contributed by atoms with E-state index in [2.05, 4.69) is 0 Å². The molecule has 0 unspecified atom stereocenters. The number of hydrogen-bond acceptors (Lipinski definition) is 1. The number of carboxylic acids is 1. The van der Waals surface area contributed by atoms with Crippen LogP contribution in [-0.4, -0.2) is 17.3 Å². The molecule has 74 valence electrons. The van der Waals surface area contributed by atoms with Gasteiger partial charge in [0.25, 0.3) is 0 Å². The van der Waals surface area contributed by atoms with Gasteiger partial charge in [0, 0.05) is 0 Å². The molecule has 1 atom stereocenters. The Morgan fingerprint density at radius 1 is 1.38 bits per heavy atom. The highest BCUT2D eigenvalue weighted by Gasteiger charge is 2.59. The van der Waals surface area contributed by atoms with Crippen molar-refractivity contribution >= 4 is 5.97 Å². The van der Waals surface area contributed by atoms with Gasteiger partial charge in [0.05, 0.1) is 0 Å². The number of carbonyl (C=O) groups is 1. The van der Waals surface area contributed by atoms with Gasteiger partial charge in [-0.1, -0.05) is 12.2 Å². The lowest BCUT2D eigenvalue weighted by atomic mass is 9.76. The molecule has 13 heavy (non-hydrogen) atoms. The molecule has 1 rings (SSSR count). The number of halogens is 3. The Hall–Kier alpha value is -1.00. The van der Waals surface area contributed by atoms with Crippen molar-refractivity contribution in [2.75, 3.05) is 0 Å². The van der Waals surface area contributed by atoms with E-state index in [0.717, 1.165) is 0 Å². The second kappa shape index (κ2) is 3.05. The van der Waals surface area contributed by atoms with Gasteiger partial charge in [0.1, 0.15) is 0 Å². The van der Waals surface area contributed by atoms with Crippen LogP contribution in [0.15, 0.2) is 12.2 Å². The van der Waals surface area contributed by atoms with Crippen molar-refractivity contribution in [1.29, 1.82) is 0 Å². The third kappa shape index (κ3) is 1.55. The molecule has 5 heteroatoms. The van der Waals surface area contributed by atoms with Crippen molar-refractivity contribution in [3.05, 3.63) is 12.2 Å². The summed E-state index contributed by atoms with van der Waals surface area (Å²) in [6.07, 6.45) is -2.44. The summed E-state index contributed by atoms with van der Waals surface area (Å²) in [6.45, 7) is 0. The molecule has 1 aliphatic rings. The van der Waals surface area contributed by atoms with Crippen LogP contribution < -0.4 is 0 Å². The predicted octanol–water partition coefficient (Wildman–Crippen LogP) is 2.36. The van der Waals surface area contributed by atoms with E-state index in [9.17, 15) is 18.0 Å². The lowest BCUT2D eigenvalue weighted by molar-refractivity contribution is -0.233. The van der Waals surface area contributed by atoms with Crippen LogP contribution in [0, 0.1) is 5.41 Å². The van der Waals surface area contributed by atoms with Crippen molar-refractivity contribution in [3.8, 4) is 0 Å². The largest absolute Gasteiger partial charge is 0.481 e. The van der Waals surface area contributed by atoms with E-state index in [-0.39, 0.29) is 12.8 Å². The Labute approximate surface area is 73.1 Å². The molecule has 0 heterocycles. The van der Waals surface area contributed by atoms with Gasteiger partial charge in [-0.15, -0.1) is 0 Å². The standard InChI is InChI=1S/C8H9F3O2/c9-8(10,11)7(6(12)13)4-2-1-3-5-7/h1-2H,3-5H2,(H,12,13)/t7-/m0/s1. The van der Waals surface area contributed by atoms with Crippen LogP contribution >= 0.6 is 0 Å². The monoisotopic (exact) mass is 194 g/mol. The first-order valence-electron chi connectivity index (χ1n) is 3.85. The normalized spacial score (nSPS) is 28.8. The van der Waals surface area contributed by atoms with E-state index in [4.69, 9.17) is 5.11 Å². The molecule has 1 aliphatic carbocycles. The molecule has 0 radical (unpaired) electrons. The smallest absolute Gasteiger partial charge is 0.405 e. The number of carboxylic acid groups (broad SMARTS) is 1. The fraction of sp³-hybridized carbons (Fsp3) is 0.625. The van der Waals surface area contributed by atoms with E-state index >= 15 is 0 Å². The number of aliphatic carboxylic acids is 1. The fourth-order valence-electron chi connectivity index (χ4n) is 1.41. The zero-order valence-electron chi connectivity index (χ0n) is 6.77. The molecule has 0 saturated carbocycles. The molecule has 0 aliphatic heterocycles. The van der Waals surface area contributed by atoms with E-state index < -0.39 is 24.0 Å². The molecule has 0 bridgehead atoms. The minimum atomic E-state index is -4.66. The first kappa shape index (κ1) is 10.1. The van der Waals surface area contributed by atoms with Crippen molar-refractivity contribution in [3.63, 3.8) is 0 Å². The zero-order chi connectivity index (χ0) is 10.1. The summed E-state index contributed by atoms with van der Waals surface area (Å²) in [5.74, 6) is -1.77. The van der Waals surface area contributed by atoms with Crippen LogP contribution in [0.4, 0.5) is 13.2 Å². The summed E-state index contributed by atoms with van der Waals surface area (Å²) >= 11 is 0. The van der Waals surface area contributed by atoms with E-state index in [1.165, 1.54) is 6.08 Å². The maximum absolute atomic E-state index is 12.4. The number of hydrogen-bond donors (Lipinski definition) is 1. The predicted molar refractivity (Wildman–Crippen MR) is 39.1 cm³/mol. The van der Waals surface area contributed by atoms with Crippen LogP contribution in [-0.2, 0) is 4.79 Å². The molecule has 1 N–H and O–H groups in total. The highest BCUT2D eigenvalue weighted by atomic mass is 19.4. The Morgan fingerprint density at radius 2 is 2.00 bits per heavy atom. The van der Waals surface area contributed by atoms with Crippen LogP contribution in [0.3, 0.4) is 0 Å². The highest BCUT2D eigenvalue weighted by molar-refractivity contribution is 5.76. The number of alkyl halides is 3. The molecule has 0 spiro atoms. The molecule has 0 fully saturated rings. The van der Waals surface area contributed by atoms with Gasteiger partial charge in [-0.25, -0.2) is 0 Å². The van der Waals surface area contributed by atoms with Gasteiger partial charge < -0.3 is 5.11 Å². The summed E-state index contributed by atoms with van der Waals surface area (Å²) in [6, 6.07) is 0. The minimum Gasteiger partial charge on any atom is -0.481 e. The minimum absolute atomic E-state index is 0.172. The quantitative estimate of drug-likeness (QED) is 0.650. The van der Waals surface area contributed by atoms with Gasteiger partial charge in [0.15, 0.2) is 5.41 Å². The van der Waals surface area contributed by atoms with Gasteiger partial charge in [0.2, 0.25) is 0 Å². The Kier molecular flexibility index (Phi) is 2.36. The maximum atomic E-state index is 12.4. The molecule has 0 amide bonds. The van der Waals surface area contributed by atoms with E-state index in [0.29, 0.717) is 0 Å². The topological polar surface area (TPSA) is 37.3 Å². The van der Waals surface area contributed by atoms with E-state index in [1.54, 1.807) is 6.08 Å². The van der Waals surface area contributed by atoms with Gasteiger partial charge in [-0.3, -0.25) is 4.79 Å². The molecule has 0 saturated heterocycles. The van der Waals surface area contributed by atoms with Gasteiger partial charge in [-0.2, -0.15) is 13.2 Å². The summed E-state index contributed by atoms with van der Waals surface area (Å²) in [7, 11) is 0. The van der Waals surface area contributed by atoms with Crippen molar-refractivity contribution in [2.24, 2.45) is 5.41 Å². The van der Waals surface area contributed by atoms with Crippen molar-refractivity contribution in [1.82, 2.24) is 0 Å². The SMILES string of the molecule is O=C(O)[C@]1(C(F)(F)F)CC=CCC1. The van der Waals surface area contributed by atoms with Crippen molar-refractivity contribution in [2.45, 2.75) is 25.4 Å². The maximum Gasteiger partial charge on any atom is 0.405 e. The lowest BCUT2D eigenvalue weighted by Gasteiger charge is -2.32. The van der Waals surface area contributed by atoms with Crippen LogP contribution in [0.1, 0.15) is 19.3 Å². The molecular weight excluding hydrogens is 185 g/mol. The Morgan fingerprint density at radius 3 is 2.23 bits per heavy atom. The molecule has 0 aromatic rings. The molecule has 0 aromatic carbocycles. The third-order valence-corrected chi connectivity index (χ3v) is 2.32. The first-order chi connectivity index (χ1) is 5.90. The Bertz CT molecular complexity index is 244. The van der Waals surface area contributed by atoms with Crippen LogP contribution in [0.2, 0.25) is 0 Å². The second-order valence-electron chi connectivity index (χ2n) is 3.10. The first-order valence-corrected chi connectivity index (χ1v) is 3.85. The average molecular weight is 194 g/mol. The molecular formula is C8H9F3O2. The molecule has 2 nitrogen and oxygen atoms in total. The van der Waals surface area contributed by atoms with Crippen LogP contribution in [0.25, 0.3) is 0 Å². The third-order valence-electron chi connectivity index (χ3n) is 2.32. The summed E-state index contributed by atoms with van der Waals surface area (Å²) in [4.78, 5) is 10.6. The summed E-state index contributed by atoms with van der Waals surface area (Å²) in [5.41, 5.74) is -2.55. The van der Waals surface area contributed by atoms with E-state index in [1.807, 2.05) is 0 Å². The highest BCUT2D eigenvalue weighted by Crippen LogP contribution is 2.47. The molecule has 0 aromatic heterocycles. The zero-order valence-corrected chi connectivity index (χ0v) is 6.77. The van der Waals surface area contributed by atoms with Crippen molar-refractivity contribution < 1.29 is 23.1 Å². The summed E-state index contributed by atoms with van der Waals surface area (Å²) in [5, 5.41) is 8.57. The number of allylic oxidation sites excluding steroid dienone is 2. The fourth-order valence-corrected chi connectivity index (χ4v) is 1.41.